The van der Waals surface area contributed by atoms with Crippen LogP contribution in [0.2, 0.25) is 0 Å². The molecule has 8 nitrogen and oxygen atoms in total. The van der Waals surface area contributed by atoms with E-state index in [1.54, 1.807) is 11.9 Å². The summed E-state index contributed by atoms with van der Waals surface area (Å²) in [5, 5.41) is 16.3. The largest absolute Gasteiger partial charge is 0.444 e. The van der Waals surface area contributed by atoms with Gasteiger partial charge in [0.25, 0.3) is 0 Å². The molecule has 0 saturated carbocycles. The number of rotatable bonds is 5. The van der Waals surface area contributed by atoms with Crippen molar-refractivity contribution in [3.05, 3.63) is 0 Å². The molecule has 1 rings (SSSR count). The molecule has 1 saturated heterocycles. The summed E-state index contributed by atoms with van der Waals surface area (Å²) in [6, 6.07) is -0.229. The summed E-state index contributed by atoms with van der Waals surface area (Å²) in [4.78, 5) is 38.8. The molecule has 3 N–H and O–H groups in total. The van der Waals surface area contributed by atoms with Crippen LogP contribution in [0.4, 0.5) is 4.79 Å². The zero-order chi connectivity index (χ0) is 24.4. The Morgan fingerprint density at radius 1 is 1.25 bits per heavy atom. The predicted molar refractivity (Wildman–Crippen MR) is 125 cm³/mol. The van der Waals surface area contributed by atoms with E-state index in [1.807, 2.05) is 34.6 Å². The van der Waals surface area contributed by atoms with Crippen LogP contribution >= 0.6 is 0 Å². The van der Waals surface area contributed by atoms with E-state index in [1.165, 1.54) is 0 Å². The summed E-state index contributed by atoms with van der Waals surface area (Å²) in [6.07, 6.45) is 5.53. The second-order valence-corrected chi connectivity index (χ2v) is 10.5. The monoisotopic (exact) mass is 455 g/mol. The highest BCUT2D eigenvalue weighted by atomic mass is 16.6. The Kier molecular flexibility index (Phi) is 11.5. The summed E-state index contributed by atoms with van der Waals surface area (Å²) in [5.74, 6) is -0.224. The van der Waals surface area contributed by atoms with Crippen LogP contribution in [0.5, 0.6) is 0 Å². The van der Waals surface area contributed by atoms with Gasteiger partial charge in [-0.25, -0.2) is 4.79 Å². The number of amides is 3. The van der Waals surface area contributed by atoms with Crippen LogP contribution in [-0.4, -0.2) is 65.3 Å². The van der Waals surface area contributed by atoms with E-state index >= 15 is 0 Å². The third-order valence-corrected chi connectivity index (χ3v) is 5.85. The molecule has 1 aliphatic rings. The second kappa shape index (κ2) is 13.0. The fraction of sp³-hybridized carbons (Fsp3) is 0.875. The minimum absolute atomic E-state index is 0.00784. The van der Waals surface area contributed by atoms with Gasteiger partial charge in [0.1, 0.15) is 5.60 Å². The fourth-order valence-electron chi connectivity index (χ4n) is 3.82. The second-order valence-electron chi connectivity index (χ2n) is 10.5. The van der Waals surface area contributed by atoms with E-state index < -0.39 is 17.3 Å². The molecule has 1 fully saturated rings. The molecule has 2 unspecified atom stereocenters. The molecule has 0 aromatic rings. The Bertz CT molecular complexity index is 583. The Hall–Kier alpha value is -1.83. The van der Waals surface area contributed by atoms with E-state index in [2.05, 4.69) is 10.6 Å². The van der Waals surface area contributed by atoms with Crippen LogP contribution < -0.4 is 10.6 Å². The van der Waals surface area contributed by atoms with Gasteiger partial charge in [0, 0.05) is 38.5 Å². The smallest absolute Gasteiger partial charge is 0.407 e. The molecule has 3 atom stereocenters. The molecule has 3 amide bonds. The highest BCUT2D eigenvalue weighted by molar-refractivity contribution is 5.81. The topological polar surface area (TPSA) is 108 Å². The van der Waals surface area contributed by atoms with Gasteiger partial charge in [-0.15, -0.1) is 0 Å². The van der Waals surface area contributed by atoms with Crippen molar-refractivity contribution in [2.24, 2.45) is 5.92 Å². The first-order valence-corrected chi connectivity index (χ1v) is 12.0. The molecule has 8 heteroatoms. The van der Waals surface area contributed by atoms with E-state index in [-0.39, 0.29) is 30.2 Å². The van der Waals surface area contributed by atoms with Crippen LogP contribution in [0, 0.1) is 5.92 Å². The average molecular weight is 456 g/mol. The van der Waals surface area contributed by atoms with Crippen molar-refractivity contribution < 1.29 is 24.2 Å². The lowest BCUT2D eigenvalue weighted by atomic mass is 9.91. The van der Waals surface area contributed by atoms with Crippen LogP contribution in [0.3, 0.4) is 0 Å². The molecule has 186 valence electrons. The minimum atomic E-state index is -0.764. The molecule has 0 aliphatic carbocycles. The van der Waals surface area contributed by atoms with Gasteiger partial charge in [-0.3, -0.25) is 9.59 Å². The van der Waals surface area contributed by atoms with Crippen molar-refractivity contribution in [1.82, 2.24) is 15.5 Å². The lowest BCUT2D eigenvalue weighted by Gasteiger charge is -2.28. The Labute approximate surface area is 193 Å². The maximum Gasteiger partial charge on any atom is 0.407 e. The van der Waals surface area contributed by atoms with E-state index in [0.717, 1.165) is 25.7 Å². The van der Waals surface area contributed by atoms with Gasteiger partial charge in [-0.1, -0.05) is 6.92 Å². The number of unbranched alkanes of at least 4 members (excludes halogenated alkanes) is 1. The van der Waals surface area contributed by atoms with Crippen molar-refractivity contribution in [3.63, 3.8) is 0 Å². The SMILES string of the molecule is CC1CCCC(C)(O)CCCN(C)C(=O)C[C@H](CCCCNC(=O)OC(C)(C)C)NC1=O. The number of aliphatic hydroxyl groups is 1. The maximum atomic E-state index is 12.7. The van der Waals surface area contributed by atoms with E-state index in [9.17, 15) is 19.5 Å². The number of alkyl carbamates (subject to hydrolysis) is 1. The number of carbonyl (C=O) groups excluding carboxylic acids is 3. The van der Waals surface area contributed by atoms with Crippen molar-refractivity contribution in [2.75, 3.05) is 20.1 Å². The fourth-order valence-corrected chi connectivity index (χ4v) is 3.82. The van der Waals surface area contributed by atoms with Crippen molar-refractivity contribution in [1.29, 1.82) is 0 Å². The molecule has 0 spiro atoms. The number of nitrogens with zero attached hydrogens (tertiary/aromatic N) is 1. The molecular formula is C24H45N3O5. The van der Waals surface area contributed by atoms with E-state index in [4.69, 9.17) is 4.74 Å². The zero-order valence-electron chi connectivity index (χ0n) is 21.0. The standard InChI is InChI=1S/C24H45N3O5/c1-18-11-9-13-24(5,31)14-10-16-27(6)20(28)17-19(26-21(18)29)12-7-8-15-25-22(30)32-23(2,3)4/h18-19,31H,7-17H2,1-6H3,(H,25,30)(H,26,29)/t18?,19-,24?/m0/s1. The molecule has 0 radical (unpaired) electrons. The lowest BCUT2D eigenvalue weighted by Crippen LogP contribution is -2.42. The van der Waals surface area contributed by atoms with Crippen LogP contribution in [0.1, 0.15) is 92.4 Å². The summed E-state index contributed by atoms with van der Waals surface area (Å²) >= 11 is 0. The number of hydrogen-bond donors (Lipinski definition) is 3. The highest BCUT2D eigenvalue weighted by Crippen LogP contribution is 2.22. The average Bonchev–Trinajstić information content (AvgIpc) is 2.64. The predicted octanol–water partition coefficient (Wildman–Crippen LogP) is 3.37. The zero-order valence-corrected chi connectivity index (χ0v) is 21.0. The summed E-state index contributed by atoms with van der Waals surface area (Å²) in [5.41, 5.74) is -1.29. The van der Waals surface area contributed by atoms with Crippen molar-refractivity contribution >= 4 is 17.9 Å². The van der Waals surface area contributed by atoms with E-state index in [0.29, 0.717) is 38.8 Å². The quantitative estimate of drug-likeness (QED) is 0.551. The van der Waals surface area contributed by atoms with Gasteiger partial charge in [0.05, 0.1) is 5.60 Å². The van der Waals surface area contributed by atoms with Gasteiger partial charge in [0.15, 0.2) is 0 Å². The molecule has 32 heavy (non-hydrogen) atoms. The molecule has 0 aromatic heterocycles. The Morgan fingerprint density at radius 2 is 1.91 bits per heavy atom. The van der Waals surface area contributed by atoms with Gasteiger partial charge >= 0.3 is 6.09 Å². The van der Waals surface area contributed by atoms with Crippen LogP contribution in [0.15, 0.2) is 0 Å². The van der Waals surface area contributed by atoms with Gasteiger partial charge in [-0.05, 0) is 79.1 Å². The third-order valence-electron chi connectivity index (χ3n) is 5.85. The van der Waals surface area contributed by atoms with Gasteiger partial charge in [-0.2, -0.15) is 0 Å². The van der Waals surface area contributed by atoms with Crippen molar-refractivity contribution in [2.45, 2.75) is 110 Å². The molecule has 0 bridgehead atoms. The van der Waals surface area contributed by atoms with Gasteiger partial charge in [0.2, 0.25) is 11.8 Å². The minimum Gasteiger partial charge on any atom is -0.444 e. The summed E-state index contributed by atoms with van der Waals surface area (Å²) in [7, 11) is 1.77. The Balaban J connectivity index is 2.61. The summed E-state index contributed by atoms with van der Waals surface area (Å²) < 4.78 is 5.22. The first-order valence-electron chi connectivity index (χ1n) is 12.0. The van der Waals surface area contributed by atoms with Crippen molar-refractivity contribution in [3.8, 4) is 0 Å². The van der Waals surface area contributed by atoms with Crippen LogP contribution in [0.25, 0.3) is 0 Å². The lowest BCUT2D eigenvalue weighted by molar-refractivity contribution is -0.131. The third kappa shape index (κ3) is 12.3. The number of ether oxygens (including phenoxy) is 1. The Morgan fingerprint density at radius 3 is 2.56 bits per heavy atom. The number of nitrogens with one attached hydrogen (secondary N) is 2. The first-order chi connectivity index (χ1) is 14.8. The molecular weight excluding hydrogens is 410 g/mol. The van der Waals surface area contributed by atoms with Gasteiger partial charge < -0.3 is 25.4 Å². The molecule has 1 aliphatic heterocycles. The molecule has 1 heterocycles. The number of hydrogen-bond acceptors (Lipinski definition) is 5. The van der Waals surface area contributed by atoms with Crippen LogP contribution in [-0.2, 0) is 14.3 Å². The molecule has 0 aromatic carbocycles. The number of carbonyl (C=O) groups is 3. The summed E-state index contributed by atoms with van der Waals surface area (Å²) in [6.45, 7) is 10.3. The highest BCUT2D eigenvalue weighted by Gasteiger charge is 2.25. The maximum absolute atomic E-state index is 12.7. The normalized spacial score (nSPS) is 26.8. The first kappa shape index (κ1) is 28.2.